The molecule has 5 rings (SSSR count). The van der Waals surface area contributed by atoms with Crippen LogP contribution in [-0.2, 0) is 17.9 Å². The van der Waals surface area contributed by atoms with Crippen LogP contribution in [-0.4, -0.2) is 30.5 Å². The van der Waals surface area contributed by atoms with Crippen LogP contribution in [0.4, 0.5) is 14.5 Å². The number of benzene rings is 2. The number of pyridine rings is 1. The van der Waals surface area contributed by atoms with Crippen molar-refractivity contribution in [2.24, 2.45) is 0 Å². The number of hydrogen-bond acceptors (Lipinski definition) is 4. The summed E-state index contributed by atoms with van der Waals surface area (Å²) in [5, 5.41) is 12.6. The summed E-state index contributed by atoms with van der Waals surface area (Å²) in [5.41, 5.74) is 4.17. The maximum absolute atomic E-state index is 13.4. The van der Waals surface area contributed by atoms with Crippen LogP contribution in [0.15, 0.2) is 67.1 Å². The Labute approximate surface area is 204 Å². The van der Waals surface area contributed by atoms with Crippen molar-refractivity contribution in [2.75, 3.05) is 5.32 Å². The number of fused-ring (bicyclic) bond motifs is 1. The first-order chi connectivity index (χ1) is 16.9. The van der Waals surface area contributed by atoms with Crippen molar-refractivity contribution in [2.45, 2.75) is 20.0 Å². The fourth-order valence-corrected chi connectivity index (χ4v) is 4.16. The highest BCUT2D eigenvalue weighted by Gasteiger charge is 2.16. The van der Waals surface area contributed by atoms with Gasteiger partial charge in [-0.05, 0) is 53.9 Å². The van der Waals surface area contributed by atoms with Crippen LogP contribution in [0.5, 0.6) is 0 Å². The summed E-state index contributed by atoms with van der Waals surface area (Å²) in [4.78, 5) is 17.2. The largest absolute Gasteiger partial charge is 0.322 e. The van der Waals surface area contributed by atoms with E-state index < -0.39 is 5.82 Å². The van der Waals surface area contributed by atoms with Gasteiger partial charge >= 0.3 is 0 Å². The molecule has 5 aromatic rings. The van der Waals surface area contributed by atoms with Crippen molar-refractivity contribution in [1.82, 2.24) is 24.5 Å². The third-order valence-corrected chi connectivity index (χ3v) is 5.87. The van der Waals surface area contributed by atoms with Gasteiger partial charge in [0.25, 0.3) is 0 Å². The summed E-state index contributed by atoms with van der Waals surface area (Å²) in [6, 6.07) is 12.2. The molecule has 0 aliphatic carbocycles. The van der Waals surface area contributed by atoms with Gasteiger partial charge < -0.3 is 5.32 Å². The van der Waals surface area contributed by atoms with Gasteiger partial charge in [0.05, 0.1) is 24.1 Å². The molecule has 10 heteroatoms. The van der Waals surface area contributed by atoms with E-state index in [1.807, 2.05) is 13.0 Å². The normalized spacial score (nSPS) is 11.2. The van der Waals surface area contributed by atoms with E-state index in [1.54, 1.807) is 35.3 Å². The van der Waals surface area contributed by atoms with E-state index in [4.69, 9.17) is 11.6 Å². The molecule has 0 saturated heterocycles. The minimum absolute atomic E-state index is 0.0564. The van der Waals surface area contributed by atoms with Gasteiger partial charge in [0.15, 0.2) is 5.65 Å². The lowest BCUT2D eigenvalue weighted by Crippen LogP contribution is -2.19. The van der Waals surface area contributed by atoms with Crippen LogP contribution in [0.25, 0.3) is 22.2 Å². The van der Waals surface area contributed by atoms with E-state index in [9.17, 15) is 13.6 Å². The second kappa shape index (κ2) is 9.27. The molecule has 1 amide bonds. The fraction of sp³-hybridized carbons (Fsp3) is 0.120. The van der Waals surface area contributed by atoms with E-state index in [0.717, 1.165) is 16.5 Å². The second-order valence-electron chi connectivity index (χ2n) is 8.02. The van der Waals surface area contributed by atoms with Gasteiger partial charge in [-0.25, -0.2) is 18.4 Å². The number of nitrogens with one attached hydrogen (secondary N) is 1. The molecule has 0 radical (unpaired) electrons. The predicted octanol–water partition coefficient (Wildman–Crippen LogP) is 5.22. The van der Waals surface area contributed by atoms with Crippen LogP contribution in [0.3, 0.4) is 0 Å². The first kappa shape index (κ1) is 22.7. The number of aryl methyl sites for hydroxylation is 1. The molecule has 0 fully saturated rings. The van der Waals surface area contributed by atoms with Gasteiger partial charge in [-0.1, -0.05) is 29.8 Å². The Kier molecular flexibility index (Phi) is 6.00. The topological polar surface area (TPSA) is 77.6 Å². The van der Waals surface area contributed by atoms with Crippen molar-refractivity contribution in [3.8, 4) is 11.1 Å². The number of anilines is 1. The maximum atomic E-state index is 13.4. The summed E-state index contributed by atoms with van der Waals surface area (Å²) >= 11 is 6.08. The zero-order valence-corrected chi connectivity index (χ0v) is 19.3. The number of amides is 1. The molecule has 2 aromatic carbocycles. The molecule has 3 heterocycles. The van der Waals surface area contributed by atoms with E-state index in [1.165, 1.54) is 35.1 Å². The first-order valence-corrected chi connectivity index (χ1v) is 11.1. The lowest BCUT2D eigenvalue weighted by atomic mass is 10.0. The lowest BCUT2D eigenvalue weighted by molar-refractivity contribution is -0.116. The minimum atomic E-state index is -0.409. The molecule has 1 N–H and O–H groups in total. The van der Waals surface area contributed by atoms with Crippen molar-refractivity contribution >= 4 is 34.2 Å². The third-order valence-electron chi connectivity index (χ3n) is 5.52. The van der Waals surface area contributed by atoms with Crippen molar-refractivity contribution in [3.63, 3.8) is 0 Å². The highest BCUT2D eigenvalue weighted by Crippen LogP contribution is 2.30. The average Bonchev–Trinajstić information content (AvgIpc) is 3.40. The number of carbonyl (C=O) groups is 1. The highest BCUT2D eigenvalue weighted by atomic mass is 35.5. The Hall–Kier alpha value is -4.11. The molecule has 0 bridgehead atoms. The summed E-state index contributed by atoms with van der Waals surface area (Å²) in [6.45, 7) is 2.11. The maximum Gasteiger partial charge on any atom is 0.246 e. The van der Waals surface area contributed by atoms with Gasteiger partial charge in [0, 0.05) is 22.8 Å². The summed E-state index contributed by atoms with van der Waals surface area (Å²) < 4.78 is 29.8. The van der Waals surface area contributed by atoms with Gasteiger partial charge in [0.2, 0.25) is 5.91 Å². The summed E-state index contributed by atoms with van der Waals surface area (Å²) in [6.07, 6.45) is 4.82. The molecule has 0 atom stereocenters. The molecule has 0 aliphatic heterocycles. The second-order valence-corrected chi connectivity index (χ2v) is 8.42. The Balaban J connectivity index is 1.32. The van der Waals surface area contributed by atoms with Crippen molar-refractivity contribution in [3.05, 3.63) is 95.0 Å². The molecular weight excluding hydrogens is 474 g/mol. The fourth-order valence-electron chi connectivity index (χ4n) is 3.94. The summed E-state index contributed by atoms with van der Waals surface area (Å²) in [7, 11) is 0. The Bertz CT molecular complexity index is 1540. The molecule has 176 valence electrons. The Morgan fingerprint density at radius 2 is 1.86 bits per heavy atom. The van der Waals surface area contributed by atoms with Crippen molar-refractivity contribution in [1.29, 1.82) is 0 Å². The van der Waals surface area contributed by atoms with E-state index >= 15 is 0 Å². The predicted molar refractivity (Wildman–Crippen MR) is 129 cm³/mol. The number of hydrogen-bond donors (Lipinski definition) is 1. The number of carbonyl (C=O) groups excluding carboxylic acids is 1. The Morgan fingerprint density at radius 1 is 1.09 bits per heavy atom. The minimum Gasteiger partial charge on any atom is -0.322 e. The first-order valence-electron chi connectivity index (χ1n) is 10.7. The Morgan fingerprint density at radius 3 is 2.63 bits per heavy atom. The monoisotopic (exact) mass is 492 g/mol. The van der Waals surface area contributed by atoms with E-state index in [0.29, 0.717) is 34.2 Å². The van der Waals surface area contributed by atoms with E-state index in [-0.39, 0.29) is 18.3 Å². The lowest BCUT2D eigenvalue weighted by Gasteiger charge is -2.06. The molecule has 35 heavy (non-hydrogen) atoms. The van der Waals surface area contributed by atoms with Gasteiger partial charge in [-0.3, -0.25) is 9.48 Å². The zero-order chi connectivity index (χ0) is 24.5. The van der Waals surface area contributed by atoms with Crippen LogP contribution < -0.4 is 5.32 Å². The summed E-state index contributed by atoms with van der Waals surface area (Å²) in [5.74, 6) is -1.03. The highest BCUT2D eigenvalue weighted by molar-refractivity contribution is 6.31. The number of aromatic nitrogens is 5. The standard InChI is InChI=1S/C25H19ClF2N6O/c1-15-24-21(16-2-5-18(27)6-3-16)8-9-29-25(24)34(32-15)14-23(35)31-20-11-30-33(13-20)12-17-4-7-19(28)10-22(17)26/h2-11,13H,12,14H2,1H3,(H,31,35). The third kappa shape index (κ3) is 4.76. The van der Waals surface area contributed by atoms with Crippen LogP contribution in [0.1, 0.15) is 11.3 Å². The SMILES string of the molecule is Cc1nn(CC(=O)Nc2cnn(Cc3ccc(F)cc3Cl)c2)c2nccc(-c3ccc(F)cc3)c12. The molecular formula is C25H19ClF2N6O. The molecule has 0 spiro atoms. The molecule has 0 saturated carbocycles. The number of rotatable bonds is 6. The molecule has 0 aliphatic rings. The van der Waals surface area contributed by atoms with Crippen LogP contribution >= 0.6 is 11.6 Å². The van der Waals surface area contributed by atoms with Crippen LogP contribution in [0, 0.1) is 18.6 Å². The number of halogens is 3. The number of nitrogens with zero attached hydrogens (tertiary/aromatic N) is 5. The smallest absolute Gasteiger partial charge is 0.246 e. The molecule has 3 aromatic heterocycles. The van der Waals surface area contributed by atoms with Crippen molar-refractivity contribution < 1.29 is 13.6 Å². The quantitative estimate of drug-likeness (QED) is 0.352. The average molecular weight is 493 g/mol. The van der Waals surface area contributed by atoms with Gasteiger partial charge in [-0.15, -0.1) is 0 Å². The van der Waals surface area contributed by atoms with Gasteiger partial charge in [0.1, 0.15) is 18.2 Å². The zero-order valence-electron chi connectivity index (χ0n) is 18.5. The van der Waals surface area contributed by atoms with E-state index in [2.05, 4.69) is 20.5 Å². The molecule has 0 unspecified atom stereocenters. The van der Waals surface area contributed by atoms with Gasteiger partial charge in [-0.2, -0.15) is 10.2 Å². The van der Waals surface area contributed by atoms with Crippen LogP contribution in [0.2, 0.25) is 5.02 Å². The molecule has 7 nitrogen and oxygen atoms in total.